The normalized spacial score (nSPS) is 19.2. The fourth-order valence-electron chi connectivity index (χ4n) is 6.18. The van der Waals surface area contributed by atoms with Crippen molar-refractivity contribution in [3.8, 4) is 5.75 Å². The molecule has 5 rings (SSSR count). The lowest BCUT2D eigenvalue weighted by atomic mass is 10.0. The van der Waals surface area contributed by atoms with Crippen molar-refractivity contribution in [2.45, 2.75) is 58.3 Å². The third kappa shape index (κ3) is 9.99. The van der Waals surface area contributed by atoms with Gasteiger partial charge in [-0.25, -0.2) is 9.59 Å². The lowest BCUT2D eigenvalue weighted by molar-refractivity contribution is -0.0115. The number of carbonyl (C=O) groups is 3. The molecule has 11 heteroatoms. The van der Waals surface area contributed by atoms with Crippen LogP contribution in [0.25, 0.3) is 10.8 Å². The van der Waals surface area contributed by atoms with Crippen molar-refractivity contribution in [1.82, 2.24) is 9.80 Å². The minimum Gasteiger partial charge on any atom is -0.490 e. The molecule has 0 fully saturated rings. The molecule has 4 aromatic carbocycles. The van der Waals surface area contributed by atoms with Crippen LogP contribution < -0.4 is 20.7 Å². The quantitative estimate of drug-likeness (QED) is 0.159. The third-order valence-corrected chi connectivity index (χ3v) is 9.17. The molecule has 1 heterocycles. The molecule has 5 amide bonds. The Kier molecular flexibility index (Phi) is 12.9. The van der Waals surface area contributed by atoms with Crippen molar-refractivity contribution in [3.05, 3.63) is 96.6 Å². The number of carbonyl (C=O) groups excluding carboxylic acids is 3. The molecular weight excluding hydrogens is 646 g/mol. The van der Waals surface area contributed by atoms with E-state index in [2.05, 4.69) is 16.0 Å². The largest absolute Gasteiger partial charge is 0.490 e. The van der Waals surface area contributed by atoms with Crippen LogP contribution in [0.4, 0.5) is 26.7 Å². The van der Waals surface area contributed by atoms with Crippen molar-refractivity contribution in [1.29, 1.82) is 0 Å². The highest BCUT2D eigenvalue weighted by molar-refractivity contribution is 6.03. The Labute approximate surface area is 299 Å². The number of aliphatic hydroxyl groups is 1. The van der Waals surface area contributed by atoms with Gasteiger partial charge in [-0.1, -0.05) is 61.5 Å². The topological polar surface area (TPSA) is 132 Å². The van der Waals surface area contributed by atoms with Crippen LogP contribution in [0, 0.1) is 5.92 Å². The summed E-state index contributed by atoms with van der Waals surface area (Å²) in [6.07, 6.45) is 1.78. The second-order valence-corrected chi connectivity index (χ2v) is 13.3. The van der Waals surface area contributed by atoms with Gasteiger partial charge in [0.15, 0.2) is 0 Å². The van der Waals surface area contributed by atoms with Gasteiger partial charge < -0.3 is 40.3 Å². The average molecular weight is 696 g/mol. The van der Waals surface area contributed by atoms with Crippen molar-refractivity contribution in [3.63, 3.8) is 0 Å². The number of nitrogens with one attached hydrogen (secondary N) is 3. The Bertz CT molecular complexity index is 1780. The highest BCUT2D eigenvalue weighted by Gasteiger charge is 2.31. The summed E-state index contributed by atoms with van der Waals surface area (Å²) >= 11 is 0. The summed E-state index contributed by atoms with van der Waals surface area (Å²) in [7, 11) is 1.74. The number of anilines is 3. The number of nitrogens with zero attached hydrogens (tertiary/aromatic N) is 2. The van der Waals surface area contributed by atoms with E-state index in [1.165, 1.54) is 0 Å². The van der Waals surface area contributed by atoms with E-state index in [4.69, 9.17) is 9.47 Å². The zero-order valence-corrected chi connectivity index (χ0v) is 29.8. The van der Waals surface area contributed by atoms with Gasteiger partial charge in [-0.3, -0.25) is 4.79 Å². The standard InChI is InChI=1S/C40H49N5O6/c1-27-24-45(28(2)26-46)38(47)34-23-32(42-39(48)41-31-16-6-5-7-17-31)20-21-36(34)51-29(3)13-10-11-22-50-37(27)25-44(4)40(49)43-35-19-12-15-30-14-8-9-18-33(30)35/h5-9,12,14-21,23,27-29,37,46H,10-11,13,22,24-26H2,1-4H3,(H,43,49)(H2,41,42,48)/t27-,28+,29+,37+/m0/s1. The molecule has 1 aliphatic heterocycles. The highest BCUT2D eigenvalue weighted by Crippen LogP contribution is 2.29. The van der Waals surface area contributed by atoms with E-state index in [-0.39, 0.29) is 49.2 Å². The monoisotopic (exact) mass is 695 g/mol. The molecule has 0 saturated carbocycles. The van der Waals surface area contributed by atoms with E-state index in [0.29, 0.717) is 23.7 Å². The summed E-state index contributed by atoms with van der Waals surface area (Å²) in [5, 5.41) is 20.9. The van der Waals surface area contributed by atoms with Crippen LogP contribution in [0.2, 0.25) is 0 Å². The Morgan fingerprint density at radius 1 is 0.922 bits per heavy atom. The molecule has 0 radical (unpaired) electrons. The summed E-state index contributed by atoms with van der Waals surface area (Å²) in [6.45, 7) is 6.48. The molecule has 0 aromatic heterocycles. The second kappa shape index (κ2) is 17.7. The van der Waals surface area contributed by atoms with Gasteiger partial charge in [-0.2, -0.15) is 0 Å². The number of aliphatic hydroxyl groups excluding tert-OH is 1. The molecule has 270 valence electrons. The Morgan fingerprint density at radius 3 is 2.43 bits per heavy atom. The smallest absolute Gasteiger partial charge is 0.323 e. The molecular formula is C40H49N5O6. The molecule has 1 aliphatic rings. The molecule has 0 unspecified atom stereocenters. The summed E-state index contributed by atoms with van der Waals surface area (Å²) in [5.74, 6) is -0.172. The fourth-order valence-corrected chi connectivity index (χ4v) is 6.18. The first-order valence-corrected chi connectivity index (χ1v) is 17.6. The van der Waals surface area contributed by atoms with E-state index in [9.17, 15) is 19.5 Å². The lowest BCUT2D eigenvalue weighted by Crippen LogP contribution is -2.48. The van der Waals surface area contributed by atoms with Gasteiger partial charge in [0.05, 0.1) is 36.1 Å². The molecule has 0 aliphatic carbocycles. The van der Waals surface area contributed by atoms with E-state index in [1.807, 2.05) is 74.5 Å². The van der Waals surface area contributed by atoms with Crippen LogP contribution in [0.3, 0.4) is 0 Å². The van der Waals surface area contributed by atoms with E-state index < -0.39 is 18.2 Å². The van der Waals surface area contributed by atoms with Crippen LogP contribution in [0.15, 0.2) is 91.0 Å². The molecule has 0 saturated heterocycles. The zero-order chi connectivity index (χ0) is 36.3. The number of urea groups is 2. The maximum atomic E-state index is 14.4. The SMILES string of the molecule is C[C@@H]1CCCCO[C@H](CN(C)C(=O)Nc2cccc3ccccc23)[C@@H](C)CN([C@H](C)CO)C(=O)c2cc(NC(=O)Nc3ccccc3)ccc2O1. The Morgan fingerprint density at radius 2 is 1.65 bits per heavy atom. The summed E-state index contributed by atoms with van der Waals surface area (Å²) in [4.78, 5) is 43.9. The number of ether oxygens (including phenoxy) is 2. The fraction of sp³-hybridized carbons (Fsp3) is 0.375. The minimum atomic E-state index is -0.538. The van der Waals surface area contributed by atoms with E-state index >= 15 is 0 Å². The molecule has 4 N–H and O–H groups in total. The molecule has 4 atom stereocenters. The van der Waals surface area contributed by atoms with E-state index in [0.717, 1.165) is 35.7 Å². The number of benzene rings is 4. The van der Waals surface area contributed by atoms with Crippen molar-refractivity contribution in [2.75, 3.05) is 49.3 Å². The number of para-hydroxylation sites is 1. The first-order chi connectivity index (χ1) is 24.6. The molecule has 0 bridgehead atoms. The number of likely N-dealkylation sites (N-methyl/N-ethyl adjacent to an activating group) is 1. The first-order valence-electron chi connectivity index (χ1n) is 17.6. The third-order valence-electron chi connectivity index (χ3n) is 9.17. The number of hydrogen-bond acceptors (Lipinski definition) is 6. The van der Waals surface area contributed by atoms with Crippen LogP contribution in [-0.2, 0) is 4.74 Å². The summed E-state index contributed by atoms with van der Waals surface area (Å²) < 4.78 is 12.7. The number of hydrogen-bond donors (Lipinski definition) is 4. The van der Waals surface area contributed by atoms with Gasteiger partial charge in [0.2, 0.25) is 0 Å². The van der Waals surface area contributed by atoms with Crippen LogP contribution in [0.1, 0.15) is 50.4 Å². The van der Waals surface area contributed by atoms with Crippen LogP contribution >= 0.6 is 0 Å². The maximum Gasteiger partial charge on any atom is 0.323 e. The summed E-state index contributed by atoms with van der Waals surface area (Å²) in [5.41, 5.74) is 2.04. The van der Waals surface area contributed by atoms with Crippen molar-refractivity contribution < 1.29 is 29.0 Å². The summed E-state index contributed by atoms with van der Waals surface area (Å²) in [6, 6.07) is 26.5. The molecule has 4 aromatic rings. The average Bonchev–Trinajstić information content (AvgIpc) is 3.13. The van der Waals surface area contributed by atoms with Gasteiger partial charge in [0.1, 0.15) is 5.75 Å². The Hall–Kier alpha value is -5.13. The number of rotatable bonds is 7. The molecule has 51 heavy (non-hydrogen) atoms. The molecule has 11 nitrogen and oxygen atoms in total. The Balaban J connectivity index is 1.37. The van der Waals surface area contributed by atoms with Crippen LogP contribution in [-0.4, -0.2) is 84.5 Å². The minimum absolute atomic E-state index is 0.193. The van der Waals surface area contributed by atoms with Gasteiger partial charge in [-0.15, -0.1) is 0 Å². The van der Waals surface area contributed by atoms with E-state index in [1.54, 1.807) is 54.1 Å². The second-order valence-electron chi connectivity index (χ2n) is 13.3. The highest BCUT2D eigenvalue weighted by atomic mass is 16.5. The first kappa shape index (κ1) is 37.1. The molecule has 0 spiro atoms. The lowest BCUT2D eigenvalue weighted by Gasteiger charge is -2.35. The zero-order valence-electron chi connectivity index (χ0n) is 29.8. The van der Waals surface area contributed by atoms with Gasteiger partial charge >= 0.3 is 12.1 Å². The predicted molar refractivity (Wildman–Crippen MR) is 202 cm³/mol. The maximum absolute atomic E-state index is 14.4. The number of amides is 5. The van der Waals surface area contributed by atoms with Crippen molar-refractivity contribution in [2.24, 2.45) is 5.92 Å². The van der Waals surface area contributed by atoms with Crippen LogP contribution in [0.5, 0.6) is 5.75 Å². The van der Waals surface area contributed by atoms with Gasteiger partial charge in [0, 0.05) is 49.4 Å². The van der Waals surface area contributed by atoms with Gasteiger partial charge in [-0.05, 0) is 74.9 Å². The van der Waals surface area contributed by atoms with Crippen molar-refractivity contribution >= 4 is 45.8 Å². The number of fused-ring (bicyclic) bond motifs is 2. The predicted octanol–water partition coefficient (Wildman–Crippen LogP) is 7.44. The van der Waals surface area contributed by atoms with Gasteiger partial charge in [0.25, 0.3) is 5.91 Å².